The van der Waals surface area contributed by atoms with Crippen molar-refractivity contribution in [1.82, 2.24) is 14.8 Å². The second-order valence-electron chi connectivity index (χ2n) is 4.23. The third-order valence-electron chi connectivity index (χ3n) is 2.79. The molecular weight excluding hydrogens is 262 g/mol. The van der Waals surface area contributed by atoms with E-state index >= 15 is 0 Å². The normalized spacial score (nSPS) is 10.8. The van der Waals surface area contributed by atoms with Gasteiger partial charge in [0.2, 0.25) is 5.88 Å². The Hall–Kier alpha value is -2.07. The zero-order chi connectivity index (χ0) is 13.2. The molecule has 5 heteroatoms. The van der Waals surface area contributed by atoms with E-state index in [1.807, 2.05) is 37.4 Å². The van der Waals surface area contributed by atoms with Crippen molar-refractivity contribution in [3.8, 4) is 11.6 Å². The molecule has 3 aromatic rings. The fraction of sp³-hybridized carbons (Fsp3) is 0.143. The Bertz CT molecular complexity index is 724. The van der Waals surface area contributed by atoms with Crippen molar-refractivity contribution in [2.45, 2.75) is 5.88 Å². The van der Waals surface area contributed by atoms with Gasteiger partial charge in [-0.2, -0.15) is 5.10 Å². The van der Waals surface area contributed by atoms with Crippen molar-refractivity contribution in [3.63, 3.8) is 0 Å². The maximum Gasteiger partial charge on any atom is 0.227 e. The fourth-order valence-electron chi connectivity index (χ4n) is 1.93. The minimum Gasteiger partial charge on any atom is -0.435 e. The Kier molecular flexibility index (Phi) is 3.09. The van der Waals surface area contributed by atoms with Gasteiger partial charge in [0.25, 0.3) is 0 Å². The van der Waals surface area contributed by atoms with Crippen LogP contribution < -0.4 is 4.74 Å². The van der Waals surface area contributed by atoms with E-state index in [1.165, 1.54) is 0 Å². The lowest BCUT2D eigenvalue weighted by molar-refractivity contribution is 0.467. The van der Waals surface area contributed by atoms with Crippen LogP contribution in [-0.4, -0.2) is 14.8 Å². The summed E-state index contributed by atoms with van der Waals surface area (Å²) in [5, 5.41) is 6.09. The van der Waals surface area contributed by atoms with Crippen LogP contribution in [0.3, 0.4) is 0 Å². The third-order valence-corrected chi connectivity index (χ3v) is 3.06. The first-order valence-corrected chi connectivity index (χ1v) is 6.41. The molecule has 1 aromatic carbocycles. The molecule has 0 saturated carbocycles. The van der Waals surface area contributed by atoms with Crippen molar-refractivity contribution >= 4 is 22.4 Å². The van der Waals surface area contributed by atoms with E-state index in [0.29, 0.717) is 17.5 Å². The number of aryl methyl sites for hydroxylation is 1. The van der Waals surface area contributed by atoms with Gasteiger partial charge in [-0.15, -0.1) is 11.6 Å². The van der Waals surface area contributed by atoms with E-state index in [4.69, 9.17) is 16.3 Å². The van der Waals surface area contributed by atoms with Crippen LogP contribution in [0.5, 0.6) is 11.6 Å². The topological polar surface area (TPSA) is 39.9 Å². The maximum atomic E-state index is 5.87. The molecule has 0 unspecified atom stereocenters. The predicted octanol–water partition coefficient (Wildman–Crippen LogP) is 3.50. The number of benzene rings is 1. The number of pyridine rings is 1. The highest BCUT2D eigenvalue weighted by atomic mass is 35.5. The van der Waals surface area contributed by atoms with Crippen LogP contribution in [-0.2, 0) is 12.9 Å². The van der Waals surface area contributed by atoms with Gasteiger partial charge < -0.3 is 4.74 Å². The predicted molar refractivity (Wildman–Crippen MR) is 74.6 cm³/mol. The van der Waals surface area contributed by atoms with Gasteiger partial charge in [0, 0.05) is 12.4 Å². The summed E-state index contributed by atoms with van der Waals surface area (Å²) in [4.78, 5) is 4.43. The molecule has 0 spiro atoms. The summed E-state index contributed by atoms with van der Waals surface area (Å²) in [6, 6.07) is 9.91. The molecule has 0 aliphatic rings. The number of fused-ring (bicyclic) bond motifs is 1. The molecule has 0 saturated heterocycles. The smallest absolute Gasteiger partial charge is 0.227 e. The van der Waals surface area contributed by atoms with E-state index < -0.39 is 0 Å². The molecular formula is C14H12ClN3O. The molecule has 0 fully saturated rings. The van der Waals surface area contributed by atoms with Gasteiger partial charge in [-0.3, -0.25) is 4.68 Å². The molecule has 0 amide bonds. The monoisotopic (exact) mass is 273 g/mol. The van der Waals surface area contributed by atoms with Crippen LogP contribution in [0.4, 0.5) is 0 Å². The number of ether oxygens (including phenoxy) is 1. The molecule has 19 heavy (non-hydrogen) atoms. The van der Waals surface area contributed by atoms with E-state index in [9.17, 15) is 0 Å². The summed E-state index contributed by atoms with van der Waals surface area (Å²) in [7, 11) is 1.84. The lowest BCUT2D eigenvalue weighted by atomic mass is 10.1. The Morgan fingerprint density at radius 1 is 1.32 bits per heavy atom. The molecule has 0 aliphatic carbocycles. The first-order chi connectivity index (χ1) is 9.26. The fourth-order valence-corrected chi connectivity index (χ4v) is 2.07. The number of aromatic nitrogens is 3. The number of alkyl halides is 1. The number of rotatable bonds is 3. The molecule has 4 nitrogen and oxygen atoms in total. The summed E-state index contributed by atoms with van der Waals surface area (Å²) in [5.74, 6) is 1.57. The first kappa shape index (κ1) is 12.0. The lowest BCUT2D eigenvalue weighted by Gasteiger charge is -2.08. The van der Waals surface area contributed by atoms with Gasteiger partial charge in [0.15, 0.2) is 5.75 Å². The molecule has 0 N–H and O–H groups in total. The minimum absolute atomic E-state index is 0.355. The summed E-state index contributed by atoms with van der Waals surface area (Å²) in [6.45, 7) is 0. The number of hydrogen-bond donors (Lipinski definition) is 0. The maximum absolute atomic E-state index is 5.87. The first-order valence-electron chi connectivity index (χ1n) is 5.87. The molecule has 0 bridgehead atoms. The molecule has 0 atom stereocenters. The standard InChI is InChI=1S/C14H12ClN3O/c1-18-9-12(8-16-18)19-14-13-5-3-2-4-10(13)6-11(7-15)17-14/h2-6,8-9H,7H2,1H3. The highest BCUT2D eigenvalue weighted by Crippen LogP contribution is 2.28. The number of nitrogens with zero attached hydrogens (tertiary/aromatic N) is 3. The van der Waals surface area contributed by atoms with Crippen LogP contribution >= 0.6 is 11.6 Å². The van der Waals surface area contributed by atoms with Crippen molar-refractivity contribution < 1.29 is 4.74 Å². The van der Waals surface area contributed by atoms with E-state index in [1.54, 1.807) is 17.1 Å². The third kappa shape index (κ3) is 2.39. The molecule has 0 radical (unpaired) electrons. The van der Waals surface area contributed by atoms with Gasteiger partial charge in [-0.25, -0.2) is 4.98 Å². The zero-order valence-electron chi connectivity index (χ0n) is 10.4. The SMILES string of the molecule is Cn1cc(Oc2nc(CCl)cc3ccccc23)cn1. The van der Waals surface area contributed by atoms with Crippen molar-refractivity contribution in [3.05, 3.63) is 48.4 Å². The number of hydrogen-bond acceptors (Lipinski definition) is 3. The lowest BCUT2D eigenvalue weighted by Crippen LogP contribution is -1.93. The largest absolute Gasteiger partial charge is 0.435 e. The van der Waals surface area contributed by atoms with Gasteiger partial charge in [-0.1, -0.05) is 18.2 Å². The summed E-state index contributed by atoms with van der Waals surface area (Å²) in [5.41, 5.74) is 0.791. The van der Waals surface area contributed by atoms with E-state index in [0.717, 1.165) is 16.5 Å². The number of halogens is 1. The molecule has 96 valence electrons. The molecule has 2 heterocycles. The van der Waals surface area contributed by atoms with Crippen LogP contribution in [0.2, 0.25) is 0 Å². The Morgan fingerprint density at radius 3 is 2.89 bits per heavy atom. The molecule has 0 aliphatic heterocycles. The molecule has 3 rings (SSSR count). The highest BCUT2D eigenvalue weighted by molar-refractivity contribution is 6.17. The van der Waals surface area contributed by atoms with Gasteiger partial charge in [0.05, 0.1) is 24.0 Å². The summed E-state index contributed by atoms with van der Waals surface area (Å²) in [6.07, 6.45) is 3.45. The van der Waals surface area contributed by atoms with Crippen LogP contribution in [0.15, 0.2) is 42.7 Å². The average Bonchev–Trinajstić information content (AvgIpc) is 2.84. The van der Waals surface area contributed by atoms with Gasteiger partial charge >= 0.3 is 0 Å². The van der Waals surface area contributed by atoms with Crippen LogP contribution in [0.1, 0.15) is 5.69 Å². The van der Waals surface area contributed by atoms with Crippen LogP contribution in [0.25, 0.3) is 10.8 Å². The van der Waals surface area contributed by atoms with Crippen molar-refractivity contribution in [2.24, 2.45) is 7.05 Å². The van der Waals surface area contributed by atoms with Gasteiger partial charge in [0.1, 0.15) is 0 Å². The highest BCUT2D eigenvalue weighted by Gasteiger charge is 2.08. The minimum atomic E-state index is 0.355. The van der Waals surface area contributed by atoms with Crippen LogP contribution in [0, 0.1) is 0 Å². The summed E-state index contributed by atoms with van der Waals surface area (Å²) >= 11 is 5.87. The second-order valence-corrected chi connectivity index (χ2v) is 4.49. The average molecular weight is 274 g/mol. The Labute approximate surface area is 115 Å². The Balaban J connectivity index is 2.10. The van der Waals surface area contributed by atoms with Crippen molar-refractivity contribution in [1.29, 1.82) is 0 Å². The molecule has 2 aromatic heterocycles. The quantitative estimate of drug-likeness (QED) is 0.686. The zero-order valence-corrected chi connectivity index (χ0v) is 11.1. The second kappa shape index (κ2) is 4.90. The van der Waals surface area contributed by atoms with Crippen molar-refractivity contribution in [2.75, 3.05) is 0 Å². The van der Waals surface area contributed by atoms with Gasteiger partial charge in [-0.05, 0) is 17.5 Å². The Morgan fingerprint density at radius 2 is 2.16 bits per heavy atom. The summed E-state index contributed by atoms with van der Waals surface area (Å²) < 4.78 is 7.49. The van der Waals surface area contributed by atoms with E-state index in [-0.39, 0.29) is 0 Å². The van der Waals surface area contributed by atoms with E-state index in [2.05, 4.69) is 10.1 Å².